The molecule has 260 valence electrons. The maximum atomic E-state index is 2.56. The van der Waals surface area contributed by atoms with Gasteiger partial charge in [0.05, 0.1) is 0 Å². The van der Waals surface area contributed by atoms with Gasteiger partial charge in [-0.05, 0) is 149 Å². The van der Waals surface area contributed by atoms with E-state index in [1.54, 1.807) is 11.1 Å². The Labute approximate surface area is 321 Å². The highest BCUT2D eigenvalue weighted by molar-refractivity contribution is 7.25. The molecule has 0 saturated heterocycles. The van der Waals surface area contributed by atoms with Crippen LogP contribution >= 0.6 is 11.3 Å². The fourth-order valence-corrected chi connectivity index (χ4v) is 13.0. The lowest BCUT2D eigenvalue weighted by atomic mass is 9.43. The zero-order chi connectivity index (χ0) is 35.4. The molecule has 1 aromatic heterocycles. The molecule has 7 aromatic carbocycles. The monoisotopic (exact) mass is 711 g/mol. The summed E-state index contributed by atoms with van der Waals surface area (Å²) in [4.78, 5) is 2.50. The molecular weight excluding hydrogens is 671 g/mol. The first-order chi connectivity index (χ1) is 26.7. The van der Waals surface area contributed by atoms with E-state index < -0.39 is 0 Å². The summed E-state index contributed by atoms with van der Waals surface area (Å²) in [6.45, 7) is 0. The van der Waals surface area contributed by atoms with Crippen molar-refractivity contribution in [3.63, 3.8) is 0 Å². The van der Waals surface area contributed by atoms with Crippen LogP contribution in [0, 0.1) is 23.7 Å². The molecule has 4 bridgehead atoms. The first kappa shape index (κ1) is 31.0. The quantitative estimate of drug-likeness (QED) is 0.172. The molecule has 54 heavy (non-hydrogen) atoms. The highest BCUT2D eigenvalue weighted by atomic mass is 32.1. The Balaban J connectivity index is 0.993. The van der Waals surface area contributed by atoms with E-state index in [1.165, 1.54) is 103 Å². The minimum absolute atomic E-state index is 0.176. The summed E-state index contributed by atoms with van der Waals surface area (Å²) in [6, 6.07) is 61.8. The lowest BCUT2D eigenvalue weighted by Gasteiger charge is -2.61. The van der Waals surface area contributed by atoms with Gasteiger partial charge in [0.15, 0.2) is 0 Å². The molecule has 0 aliphatic heterocycles. The smallest absolute Gasteiger partial charge is 0.0468 e. The average Bonchev–Trinajstić information content (AvgIpc) is 3.74. The van der Waals surface area contributed by atoms with Crippen LogP contribution in [0.1, 0.15) is 43.2 Å². The number of fused-ring (bicyclic) bond motifs is 6. The molecular formula is C52H41NS. The van der Waals surface area contributed by atoms with Crippen LogP contribution in [-0.2, 0) is 5.41 Å². The molecule has 5 aliphatic rings. The number of hydrogen-bond donors (Lipinski definition) is 0. The van der Waals surface area contributed by atoms with Gasteiger partial charge in [0, 0.05) is 42.6 Å². The van der Waals surface area contributed by atoms with Gasteiger partial charge in [-0.25, -0.2) is 0 Å². The number of rotatable bonds is 5. The van der Waals surface area contributed by atoms with Gasteiger partial charge in [-0.1, -0.05) is 115 Å². The second-order valence-electron chi connectivity index (χ2n) is 16.6. The Morgan fingerprint density at radius 1 is 0.407 bits per heavy atom. The predicted molar refractivity (Wildman–Crippen MR) is 228 cm³/mol. The second-order valence-corrected chi connectivity index (χ2v) is 17.6. The maximum Gasteiger partial charge on any atom is 0.0468 e. The fraction of sp³-hybridized carbons (Fsp3) is 0.192. The van der Waals surface area contributed by atoms with E-state index in [0.717, 1.165) is 23.7 Å². The van der Waals surface area contributed by atoms with Crippen molar-refractivity contribution in [3.8, 4) is 33.4 Å². The number of hydrogen-bond acceptors (Lipinski definition) is 2. The number of anilines is 3. The van der Waals surface area contributed by atoms with Gasteiger partial charge < -0.3 is 4.90 Å². The van der Waals surface area contributed by atoms with Gasteiger partial charge >= 0.3 is 0 Å². The highest BCUT2D eigenvalue weighted by Gasteiger charge is 2.61. The molecule has 4 fully saturated rings. The zero-order valence-electron chi connectivity index (χ0n) is 30.3. The summed E-state index contributed by atoms with van der Waals surface area (Å²) in [5.74, 6) is 3.41. The third-order valence-corrected chi connectivity index (χ3v) is 15.0. The molecule has 5 aliphatic carbocycles. The summed E-state index contributed by atoms with van der Waals surface area (Å²) in [7, 11) is 0. The Hall–Kier alpha value is -5.44. The molecule has 0 amide bonds. The van der Waals surface area contributed by atoms with Gasteiger partial charge in [0.2, 0.25) is 0 Å². The van der Waals surface area contributed by atoms with E-state index in [4.69, 9.17) is 0 Å². The average molecular weight is 712 g/mol. The van der Waals surface area contributed by atoms with E-state index in [1.807, 2.05) is 11.3 Å². The van der Waals surface area contributed by atoms with Crippen molar-refractivity contribution in [2.45, 2.75) is 37.5 Å². The van der Waals surface area contributed by atoms with E-state index in [2.05, 4.69) is 169 Å². The van der Waals surface area contributed by atoms with E-state index >= 15 is 0 Å². The standard InChI is InChI=1S/C52H41NS/c1-2-8-35(9-3-1)36-14-16-37(17-15-36)38-18-20-41(21-19-38)53(43-23-25-51-47(32-43)45-11-5-7-13-50(45)54-51)42-22-24-49-46(31-42)44-10-4-6-12-48(44)52(49)39-27-33-26-34(29-39)30-40(52)28-33/h1-25,31-34,39-40H,26-30H2. The summed E-state index contributed by atoms with van der Waals surface area (Å²) < 4.78 is 2.68. The Bertz CT molecular complexity index is 2690. The van der Waals surface area contributed by atoms with Gasteiger partial charge in [-0.15, -0.1) is 11.3 Å². The lowest BCUT2D eigenvalue weighted by molar-refractivity contribution is -0.0399. The summed E-state index contributed by atoms with van der Waals surface area (Å²) in [5.41, 5.74) is 14.9. The predicted octanol–water partition coefficient (Wildman–Crippen LogP) is 14.6. The number of nitrogens with zero attached hydrogens (tertiary/aromatic N) is 1. The Kier molecular flexibility index (Phi) is 6.75. The topological polar surface area (TPSA) is 3.24 Å². The van der Waals surface area contributed by atoms with Crippen LogP contribution in [-0.4, -0.2) is 0 Å². The molecule has 2 heteroatoms. The largest absolute Gasteiger partial charge is 0.310 e. The van der Waals surface area contributed by atoms with Gasteiger partial charge in [0.1, 0.15) is 0 Å². The van der Waals surface area contributed by atoms with Crippen molar-refractivity contribution < 1.29 is 0 Å². The Morgan fingerprint density at radius 2 is 0.944 bits per heavy atom. The highest BCUT2D eigenvalue weighted by Crippen LogP contribution is 2.69. The van der Waals surface area contributed by atoms with Gasteiger partial charge in [-0.3, -0.25) is 0 Å². The molecule has 0 atom stereocenters. The van der Waals surface area contributed by atoms with Crippen LogP contribution < -0.4 is 4.90 Å². The molecule has 8 aromatic rings. The van der Waals surface area contributed by atoms with Crippen LogP contribution in [0.15, 0.2) is 164 Å². The van der Waals surface area contributed by atoms with Crippen LogP contribution in [0.5, 0.6) is 0 Å². The third-order valence-electron chi connectivity index (χ3n) is 13.9. The maximum absolute atomic E-state index is 2.56. The summed E-state index contributed by atoms with van der Waals surface area (Å²) in [6.07, 6.45) is 7.11. The van der Waals surface area contributed by atoms with Crippen molar-refractivity contribution in [2.24, 2.45) is 23.7 Å². The lowest BCUT2D eigenvalue weighted by Crippen LogP contribution is -2.55. The van der Waals surface area contributed by atoms with Crippen LogP contribution in [0.4, 0.5) is 17.1 Å². The van der Waals surface area contributed by atoms with E-state index in [0.29, 0.717) is 0 Å². The van der Waals surface area contributed by atoms with E-state index in [-0.39, 0.29) is 5.41 Å². The van der Waals surface area contributed by atoms with Crippen LogP contribution in [0.2, 0.25) is 0 Å². The molecule has 1 spiro atoms. The molecule has 0 N–H and O–H groups in total. The van der Waals surface area contributed by atoms with Crippen molar-refractivity contribution in [1.29, 1.82) is 0 Å². The summed E-state index contributed by atoms with van der Waals surface area (Å²) in [5, 5.41) is 2.66. The van der Waals surface area contributed by atoms with Crippen molar-refractivity contribution in [2.75, 3.05) is 4.90 Å². The first-order valence-electron chi connectivity index (χ1n) is 19.9. The van der Waals surface area contributed by atoms with Crippen molar-refractivity contribution in [1.82, 2.24) is 0 Å². The second kappa shape index (κ2) is 11.8. The van der Waals surface area contributed by atoms with Crippen LogP contribution in [0.25, 0.3) is 53.6 Å². The fourth-order valence-electron chi connectivity index (χ4n) is 11.9. The minimum Gasteiger partial charge on any atom is -0.310 e. The molecule has 4 saturated carbocycles. The molecule has 0 unspecified atom stereocenters. The normalized spacial score (nSPS) is 23.3. The minimum atomic E-state index is 0.176. The van der Waals surface area contributed by atoms with Crippen molar-refractivity contribution in [3.05, 3.63) is 175 Å². The third kappa shape index (κ3) is 4.50. The van der Waals surface area contributed by atoms with Crippen LogP contribution in [0.3, 0.4) is 0 Å². The SMILES string of the molecule is c1ccc(-c2ccc(-c3ccc(N(c4ccc5c(c4)-c4ccccc4C54C5CC6CC(C5)CC4C6)c4ccc5sc6ccccc6c5c4)cc3)cc2)cc1. The first-order valence-corrected chi connectivity index (χ1v) is 20.7. The molecule has 1 nitrogen and oxygen atoms in total. The molecule has 13 rings (SSSR count). The summed E-state index contributed by atoms with van der Waals surface area (Å²) >= 11 is 1.89. The van der Waals surface area contributed by atoms with Gasteiger partial charge in [0.25, 0.3) is 0 Å². The van der Waals surface area contributed by atoms with Crippen molar-refractivity contribution >= 4 is 48.6 Å². The molecule has 1 heterocycles. The van der Waals surface area contributed by atoms with Gasteiger partial charge in [-0.2, -0.15) is 0 Å². The zero-order valence-corrected chi connectivity index (χ0v) is 31.1. The number of thiophene rings is 1. The molecule has 0 radical (unpaired) electrons. The van der Waals surface area contributed by atoms with E-state index in [9.17, 15) is 0 Å². The number of benzene rings is 7. The Morgan fingerprint density at radius 3 is 1.69 bits per heavy atom.